The Morgan fingerprint density at radius 3 is 2.51 bits per heavy atom. The number of nitrogens with one attached hydrogen (secondary N) is 1. The van der Waals surface area contributed by atoms with Crippen molar-refractivity contribution in [3.05, 3.63) is 85.1 Å². The second kappa shape index (κ2) is 11.7. The Hall–Kier alpha value is -4.26. The molecule has 7 nitrogen and oxygen atoms in total. The molecular weight excluding hydrogens is 508 g/mol. The van der Waals surface area contributed by atoms with Crippen LogP contribution in [0, 0.1) is 11.8 Å². The minimum Gasteiger partial charge on any atom is -0.378 e. The molecule has 210 valence electrons. The fourth-order valence-corrected chi connectivity index (χ4v) is 6.06. The fourth-order valence-electron chi connectivity index (χ4n) is 6.06. The van der Waals surface area contributed by atoms with Gasteiger partial charge < -0.3 is 14.8 Å². The molecule has 1 saturated heterocycles. The number of amides is 1. The summed E-state index contributed by atoms with van der Waals surface area (Å²) in [6, 6.07) is 17.2. The van der Waals surface area contributed by atoms with E-state index in [-0.39, 0.29) is 12.0 Å². The van der Waals surface area contributed by atoms with Crippen molar-refractivity contribution in [2.45, 2.75) is 45.6 Å². The molecule has 7 rings (SSSR count). The van der Waals surface area contributed by atoms with Gasteiger partial charge in [-0.1, -0.05) is 32.0 Å². The first-order chi connectivity index (χ1) is 20.1. The van der Waals surface area contributed by atoms with Crippen LogP contribution in [-0.4, -0.2) is 43.4 Å². The summed E-state index contributed by atoms with van der Waals surface area (Å²) >= 11 is 0. The van der Waals surface area contributed by atoms with E-state index in [0.717, 1.165) is 72.2 Å². The molecule has 5 aromatic rings. The van der Waals surface area contributed by atoms with Crippen LogP contribution in [0.15, 0.2) is 79.5 Å². The molecule has 1 N–H and O–H groups in total. The van der Waals surface area contributed by atoms with E-state index in [1.54, 1.807) is 12.4 Å². The smallest absolute Gasteiger partial charge is 0.225 e. The van der Waals surface area contributed by atoms with Crippen LogP contribution in [0.1, 0.15) is 51.1 Å². The van der Waals surface area contributed by atoms with Crippen LogP contribution in [0.4, 0.5) is 5.69 Å². The van der Waals surface area contributed by atoms with Crippen molar-refractivity contribution in [2.75, 3.05) is 18.4 Å². The summed E-state index contributed by atoms with van der Waals surface area (Å²) in [5.41, 5.74) is 7.28. The summed E-state index contributed by atoms with van der Waals surface area (Å²) in [4.78, 5) is 28.6. The lowest BCUT2D eigenvalue weighted by atomic mass is 9.85. The fraction of sp³-hybridized carbons (Fsp3) is 0.353. The molecule has 0 radical (unpaired) electrons. The lowest BCUT2D eigenvalue weighted by Crippen LogP contribution is -2.41. The number of pyridine rings is 1. The number of carbonyl (C=O) groups excluding carboxylic acids is 1. The minimum atomic E-state index is 0.0780. The Labute approximate surface area is 241 Å². The number of likely N-dealkylation sites (tertiary alicyclic amines) is 1. The van der Waals surface area contributed by atoms with Crippen LogP contribution in [-0.2, 0) is 11.8 Å². The maximum absolute atomic E-state index is 12.7. The number of hydrogen-bond donors (Lipinski definition) is 1. The lowest BCUT2D eigenvalue weighted by Gasteiger charge is -2.37. The highest BCUT2D eigenvalue weighted by molar-refractivity contribution is 5.97. The molecular formula is C34H38N6O. The molecule has 7 heteroatoms. The van der Waals surface area contributed by atoms with Crippen LogP contribution < -0.4 is 5.32 Å². The van der Waals surface area contributed by atoms with E-state index >= 15 is 0 Å². The van der Waals surface area contributed by atoms with Gasteiger partial charge in [0.1, 0.15) is 0 Å². The van der Waals surface area contributed by atoms with Crippen LogP contribution in [0.5, 0.6) is 0 Å². The van der Waals surface area contributed by atoms with Gasteiger partial charge in [0.25, 0.3) is 0 Å². The number of aromatic nitrogens is 4. The number of rotatable bonds is 6. The number of fused-ring (bicyclic) bond motifs is 2. The number of piperidine rings is 1. The predicted octanol–water partition coefficient (Wildman–Crippen LogP) is 7.01. The largest absolute Gasteiger partial charge is 0.378 e. The van der Waals surface area contributed by atoms with Crippen molar-refractivity contribution in [3.8, 4) is 11.1 Å². The van der Waals surface area contributed by atoms with Crippen molar-refractivity contribution >= 4 is 33.5 Å². The highest BCUT2D eigenvalue weighted by Gasteiger charge is 2.36. The number of carbonyl (C=O) groups is 1. The summed E-state index contributed by atoms with van der Waals surface area (Å²) in [6.45, 7) is 5.65. The zero-order valence-corrected chi connectivity index (χ0v) is 24.1. The van der Waals surface area contributed by atoms with E-state index in [1.165, 1.54) is 10.9 Å². The normalized spacial score (nSPS) is 16.3. The van der Waals surface area contributed by atoms with Crippen molar-refractivity contribution in [1.29, 1.82) is 0 Å². The van der Waals surface area contributed by atoms with Crippen molar-refractivity contribution < 1.29 is 4.79 Å². The number of nitrogens with zero attached hydrogens (tertiary/aromatic N) is 5. The molecule has 2 aromatic carbocycles. The second-order valence-electron chi connectivity index (χ2n) is 11.0. The van der Waals surface area contributed by atoms with Crippen molar-refractivity contribution in [2.24, 2.45) is 18.9 Å². The number of anilines is 1. The van der Waals surface area contributed by atoms with Gasteiger partial charge in [0.05, 0.1) is 17.1 Å². The van der Waals surface area contributed by atoms with E-state index < -0.39 is 0 Å². The predicted molar refractivity (Wildman–Crippen MR) is 165 cm³/mol. The maximum Gasteiger partial charge on any atom is 0.225 e. The van der Waals surface area contributed by atoms with Crippen LogP contribution >= 0.6 is 0 Å². The van der Waals surface area contributed by atoms with Crippen LogP contribution in [0.2, 0.25) is 0 Å². The van der Waals surface area contributed by atoms with Gasteiger partial charge in [-0.05, 0) is 78.4 Å². The molecule has 1 aliphatic carbocycles. The SMILES string of the molecule is CC.Cn1ccc2ccc(-c3cc(NC(c4cccnc4)C4CCN(C(=O)C5CC5)CC4)cc4nccnc34)cc21. The lowest BCUT2D eigenvalue weighted by molar-refractivity contribution is -0.134. The Morgan fingerprint density at radius 1 is 0.951 bits per heavy atom. The standard InChI is InChI=1S/C32H32N6O.C2H6/c1-37-14-8-21-4-7-24(17-29(21)37)27-18-26(19-28-31(27)35-13-12-34-28)36-30(25-3-2-11-33-20-25)22-9-15-38(16-10-22)32(39)23-5-6-23;1-2/h2-4,7-8,11-14,17-20,22-23,30,36H,5-6,9-10,15-16H2,1H3;1-2H3. The van der Waals surface area contributed by atoms with Gasteiger partial charge in [0.2, 0.25) is 5.91 Å². The third kappa shape index (κ3) is 5.53. The summed E-state index contributed by atoms with van der Waals surface area (Å²) in [7, 11) is 2.07. The van der Waals surface area contributed by atoms with E-state index in [2.05, 4.69) is 80.5 Å². The monoisotopic (exact) mass is 546 g/mol. The molecule has 1 unspecified atom stereocenters. The molecule has 1 saturated carbocycles. The van der Waals surface area contributed by atoms with Crippen molar-refractivity contribution in [3.63, 3.8) is 0 Å². The van der Waals surface area contributed by atoms with Gasteiger partial charge in [0, 0.05) is 73.8 Å². The highest BCUT2D eigenvalue weighted by atomic mass is 16.2. The first kappa shape index (κ1) is 26.9. The molecule has 2 aliphatic rings. The highest BCUT2D eigenvalue weighted by Crippen LogP contribution is 2.38. The first-order valence-electron chi connectivity index (χ1n) is 14.9. The average Bonchev–Trinajstić information content (AvgIpc) is 3.83. The molecule has 0 bridgehead atoms. The number of benzene rings is 2. The van der Waals surface area contributed by atoms with Gasteiger partial charge in [-0.2, -0.15) is 0 Å². The Bertz CT molecular complexity index is 1650. The van der Waals surface area contributed by atoms with E-state index in [4.69, 9.17) is 4.98 Å². The summed E-state index contributed by atoms with van der Waals surface area (Å²) in [5.74, 6) is 1.02. The van der Waals surface area contributed by atoms with Gasteiger partial charge >= 0.3 is 0 Å². The summed E-state index contributed by atoms with van der Waals surface area (Å²) in [6.07, 6.45) is 13.4. The van der Waals surface area contributed by atoms with Gasteiger partial charge in [-0.3, -0.25) is 19.7 Å². The average molecular weight is 547 g/mol. The molecule has 1 aliphatic heterocycles. The maximum atomic E-state index is 12.7. The van der Waals surface area contributed by atoms with E-state index in [9.17, 15) is 4.79 Å². The molecule has 1 atom stereocenters. The molecule has 41 heavy (non-hydrogen) atoms. The van der Waals surface area contributed by atoms with Gasteiger partial charge in [-0.15, -0.1) is 0 Å². The summed E-state index contributed by atoms with van der Waals surface area (Å²) < 4.78 is 2.15. The third-order valence-electron chi connectivity index (χ3n) is 8.39. The molecule has 1 amide bonds. The Balaban J connectivity index is 0.00000148. The van der Waals surface area contributed by atoms with Crippen LogP contribution in [0.25, 0.3) is 33.1 Å². The Morgan fingerprint density at radius 2 is 1.76 bits per heavy atom. The molecule has 3 aromatic heterocycles. The van der Waals surface area contributed by atoms with Crippen LogP contribution in [0.3, 0.4) is 0 Å². The Kier molecular flexibility index (Phi) is 7.68. The molecule has 4 heterocycles. The molecule has 0 spiro atoms. The second-order valence-corrected chi connectivity index (χ2v) is 11.0. The number of hydrogen-bond acceptors (Lipinski definition) is 5. The van der Waals surface area contributed by atoms with Gasteiger partial charge in [-0.25, -0.2) is 0 Å². The van der Waals surface area contributed by atoms with E-state index in [0.29, 0.717) is 11.8 Å². The first-order valence-corrected chi connectivity index (χ1v) is 14.9. The third-order valence-corrected chi connectivity index (χ3v) is 8.39. The quantitative estimate of drug-likeness (QED) is 0.248. The van der Waals surface area contributed by atoms with E-state index in [1.807, 2.05) is 32.3 Å². The minimum absolute atomic E-state index is 0.0780. The van der Waals surface area contributed by atoms with Crippen molar-refractivity contribution in [1.82, 2.24) is 24.4 Å². The zero-order chi connectivity index (χ0) is 28.3. The summed E-state index contributed by atoms with van der Waals surface area (Å²) in [5, 5.41) is 5.09. The topological polar surface area (TPSA) is 75.9 Å². The number of aryl methyl sites for hydroxylation is 1. The van der Waals surface area contributed by atoms with Gasteiger partial charge in [0.15, 0.2) is 0 Å². The zero-order valence-electron chi connectivity index (χ0n) is 24.1. The molecule has 2 fully saturated rings.